The standard InChI is InChI=1S/C15H24O/c1-10-5-6-14-13(9-15(14,3)4)11(2)8-12(16)7-10/h7,12-14,16H,2,5-6,8-9H2,1,3-4H3/b10-7+/t12-,13+,14+/m0/s1. The van der Waals surface area contributed by atoms with Crippen LogP contribution in [0, 0.1) is 17.3 Å². The van der Waals surface area contributed by atoms with Crippen molar-refractivity contribution in [2.24, 2.45) is 17.3 Å². The summed E-state index contributed by atoms with van der Waals surface area (Å²) < 4.78 is 0. The fourth-order valence-electron chi connectivity index (χ4n) is 3.54. The summed E-state index contributed by atoms with van der Waals surface area (Å²) in [5.74, 6) is 1.43. The van der Waals surface area contributed by atoms with Crippen molar-refractivity contribution < 1.29 is 5.11 Å². The minimum absolute atomic E-state index is 0.310. The third kappa shape index (κ3) is 2.10. The average molecular weight is 220 g/mol. The van der Waals surface area contributed by atoms with Crippen molar-refractivity contribution in [2.75, 3.05) is 0 Å². The lowest BCUT2D eigenvalue weighted by Gasteiger charge is -2.53. The Morgan fingerprint density at radius 1 is 1.44 bits per heavy atom. The fraction of sp³-hybridized carbons (Fsp3) is 0.733. The van der Waals surface area contributed by atoms with Crippen molar-refractivity contribution in [3.05, 3.63) is 23.8 Å². The van der Waals surface area contributed by atoms with Crippen LogP contribution in [0.1, 0.15) is 46.5 Å². The Labute approximate surface area is 99.3 Å². The summed E-state index contributed by atoms with van der Waals surface area (Å²) in [7, 11) is 0. The molecule has 90 valence electrons. The van der Waals surface area contributed by atoms with Gasteiger partial charge >= 0.3 is 0 Å². The molecule has 2 aliphatic rings. The molecule has 1 fully saturated rings. The van der Waals surface area contributed by atoms with Crippen LogP contribution in [-0.4, -0.2) is 11.2 Å². The van der Waals surface area contributed by atoms with E-state index in [0.29, 0.717) is 11.3 Å². The molecular weight excluding hydrogens is 196 g/mol. The predicted octanol–water partition coefficient (Wildman–Crippen LogP) is 3.70. The van der Waals surface area contributed by atoms with Gasteiger partial charge in [-0.15, -0.1) is 0 Å². The molecule has 0 aliphatic heterocycles. The van der Waals surface area contributed by atoms with Gasteiger partial charge in [-0.1, -0.05) is 37.6 Å². The van der Waals surface area contributed by atoms with E-state index < -0.39 is 0 Å². The number of hydrogen-bond donors (Lipinski definition) is 1. The molecule has 0 bridgehead atoms. The maximum absolute atomic E-state index is 9.90. The van der Waals surface area contributed by atoms with Gasteiger partial charge in [0.25, 0.3) is 0 Å². The van der Waals surface area contributed by atoms with Gasteiger partial charge in [-0.05, 0) is 49.9 Å². The highest BCUT2D eigenvalue weighted by atomic mass is 16.3. The van der Waals surface area contributed by atoms with Crippen LogP contribution in [0.2, 0.25) is 0 Å². The minimum Gasteiger partial charge on any atom is -0.389 e. The summed E-state index contributed by atoms with van der Waals surface area (Å²) in [6.07, 6.45) is 6.11. The Hall–Kier alpha value is -0.560. The van der Waals surface area contributed by atoms with Crippen LogP contribution in [0.15, 0.2) is 23.8 Å². The molecule has 1 nitrogen and oxygen atoms in total. The molecule has 0 aromatic heterocycles. The molecule has 16 heavy (non-hydrogen) atoms. The number of hydrogen-bond acceptors (Lipinski definition) is 1. The SMILES string of the molecule is C=C1C[C@@H](O)/C=C(\C)CC[C@@H]2[C@@H]1CC2(C)C. The number of aliphatic hydroxyl groups is 1. The van der Waals surface area contributed by atoms with Crippen molar-refractivity contribution in [3.8, 4) is 0 Å². The second kappa shape index (κ2) is 4.03. The summed E-state index contributed by atoms with van der Waals surface area (Å²) in [6.45, 7) is 11.1. The number of rotatable bonds is 0. The van der Waals surface area contributed by atoms with Crippen LogP contribution in [0.5, 0.6) is 0 Å². The first-order valence-corrected chi connectivity index (χ1v) is 6.43. The third-order valence-electron chi connectivity index (χ3n) is 4.56. The monoisotopic (exact) mass is 220 g/mol. The zero-order chi connectivity index (χ0) is 11.9. The normalized spacial score (nSPS) is 41.9. The van der Waals surface area contributed by atoms with E-state index in [1.165, 1.54) is 24.0 Å². The Morgan fingerprint density at radius 2 is 2.12 bits per heavy atom. The zero-order valence-corrected chi connectivity index (χ0v) is 10.8. The van der Waals surface area contributed by atoms with Crippen molar-refractivity contribution in [3.63, 3.8) is 0 Å². The van der Waals surface area contributed by atoms with Crippen LogP contribution in [-0.2, 0) is 0 Å². The molecule has 0 unspecified atom stereocenters. The lowest BCUT2D eigenvalue weighted by Crippen LogP contribution is -2.44. The van der Waals surface area contributed by atoms with Crippen LogP contribution in [0.3, 0.4) is 0 Å². The lowest BCUT2D eigenvalue weighted by atomic mass is 9.52. The molecule has 3 atom stereocenters. The van der Waals surface area contributed by atoms with Crippen molar-refractivity contribution in [2.45, 2.75) is 52.6 Å². The van der Waals surface area contributed by atoms with Gasteiger partial charge in [0.05, 0.1) is 6.10 Å². The van der Waals surface area contributed by atoms with Gasteiger partial charge in [-0.25, -0.2) is 0 Å². The highest BCUT2D eigenvalue weighted by Crippen LogP contribution is 2.56. The van der Waals surface area contributed by atoms with Crippen LogP contribution in [0.4, 0.5) is 0 Å². The minimum atomic E-state index is -0.310. The molecular formula is C15H24O. The topological polar surface area (TPSA) is 20.2 Å². The number of allylic oxidation sites excluding steroid dienone is 1. The molecule has 2 aliphatic carbocycles. The highest BCUT2D eigenvalue weighted by Gasteiger charge is 2.47. The van der Waals surface area contributed by atoms with Gasteiger partial charge in [0, 0.05) is 0 Å². The van der Waals surface area contributed by atoms with E-state index in [0.717, 1.165) is 18.8 Å². The predicted molar refractivity (Wildman–Crippen MR) is 68.1 cm³/mol. The van der Waals surface area contributed by atoms with Crippen molar-refractivity contribution >= 4 is 0 Å². The van der Waals surface area contributed by atoms with Gasteiger partial charge in [-0.2, -0.15) is 0 Å². The Balaban J connectivity index is 2.16. The van der Waals surface area contributed by atoms with Crippen LogP contribution in [0.25, 0.3) is 0 Å². The van der Waals surface area contributed by atoms with Gasteiger partial charge < -0.3 is 5.11 Å². The van der Waals surface area contributed by atoms with E-state index in [4.69, 9.17) is 0 Å². The van der Waals surface area contributed by atoms with Gasteiger partial charge in [-0.3, -0.25) is 0 Å². The first kappa shape index (κ1) is 11.9. The van der Waals surface area contributed by atoms with E-state index in [-0.39, 0.29) is 6.10 Å². The third-order valence-corrected chi connectivity index (χ3v) is 4.56. The Morgan fingerprint density at radius 3 is 2.75 bits per heavy atom. The van der Waals surface area contributed by atoms with Crippen molar-refractivity contribution in [1.82, 2.24) is 0 Å². The van der Waals surface area contributed by atoms with E-state index in [9.17, 15) is 5.11 Å². The van der Waals surface area contributed by atoms with Gasteiger partial charge in [0.1, 0.15) is 0 Å². The van der Waals surface area contributed by atoms with Gasteiger partial charge in [0.2, 0.25) is 0 Å². The smallest absolute Gasteiger partial charge is 0.0760 e. The second-order valence-corrected chi connectivity index (χ2v) is 6.39. The summed E-state index contributed by atoms with van der Waals surface area (Å²) in [5.41, 5.74) is 3.08. The Bertz CT molecular complexity index is 324. The maximum atomic E-state index is 9.90. The van der Waals surface area contributed by atoms with E-state index in [1.54, 1.807) is 0 Å². The maximum Gasteiger partial charge on any atom is 0.0760 e. The quantitative estimate of drug-likeness (QED) is 0.617. The summed E-state index contributed by atoms with van der Waals surface area (Å²) >= 11 is 0. The molecule has 0 aromatic rings. The number of fused-ring (bicyclic) bond motifs is 1. The molecule has 1 saturated carbocycles. The van der Waals surface area contributed by atoms with E-state index in [1.807, 2.05) is 6.08 Å². The first-order valence-electron chi connectivity index (χ1n) is 6.43. The largest absolute Gasteiger partial charge is 0.389 e. The van der Waals surface area contributed by atoms with Crippen LogP contribution < -0.4 is 0 Å². The average Bonchev–Trinajstić information content (AvgIpc) is 2.16. The Kier molecular flexibility index (Phi) is 3.00. The molecule has 1 heteroatoms. The molecule has 1 N–H and O–H groups in total. The molecule has 0 radical (unpaired) electrons. The summed E-state index contributed by atoms with van der Waals surface area (Å²) in [5, 5.41) is 9.90. The summed E-state index contributed by atoms with van der Waals surface area (Å²) in [4.78, 5) is 0. The van der Waals surface area contributed by atoms with Crippen molar-refractivity contribution in [1.29, 1.82) is 0 Å². The molecule has 0 saturated heterocycles. The fourth-order valence-corrected chi connectivity index (χ4v) is 3.54. The molecule has 0 spiro atoms. The highest BCUT2D eigenvalue weighted by molar-refractivity contribution is 5.18. The van der Waals surface area contributed by atoms with Gasteiger partial charge in [0.15, 0.2) is 0 Å². The number of aliphatic hydroxyl groups excluding tert-OH is 1. The van der Waals surface area contributed by atoms with Crippen LogP contribution >= 0.6 is 0 Å². The first-order chi connectivity index (χ1) is 7.40. The summed E-state index contributed by atoms with van der Waals surface area (Å²) in [6, 6.07) is 0. The molecule has 0 aromatic carbocycles. The lowest BCUT2D eigenvalue weighted by molar-refractivity contribution is 0.00210. The molecule has 0 heterocycles. The second-order valence-electron chi connectivity index (χ2n) is 6.39. The molecule has 2 rings (SSSR count). The van der Waals surface area contributed by atoms with E-state index >= 15 is 0 Å². The van der Waals surface area contributed by atoms with E-state index in [2.05, 4.69) is 27.4 Å². The molecule has 0 amide bonds. The zero-order valence-electron chi connectivity index (χ0n) is 10.8.